The summed E-state index contributed by atoms with van der Waals surface area (Å²) < 4.78 is 38.9. The van der Waals surface area contributed by atoms with Crippen molar-refractivity contribution in [2.75, 3.05) is 25.0 Å². The van der Waals surface area contributed by atoms with Crippen LogP contribution in [-0.2, 0) is 10.0 Å². The lowest BCUT2D eigenvalue weighted by molar-refractivity contribution is 0.263. The quantitative estimate of drug-likeness (QED) is 0.701. The minimum absolute atomic E-state index is 0.166. The monoisotopic (exact) mass is 405 g/mol. The third-order valence-electron chi connectivity index (χ3n) is 4.72. The Kier molecular flexibility index (Phi) is 6.41. The largest absolute Gasteiger partial charge is 0.479 e. The molecular weight excluding hydrogens is 378 g/mol. The molecule has 152 valence electrons. The normalized spacial score (nSPS) is 16.9. The summed E-state index contributed by atoms with van der Waals surface area (Å²) in [5.74, 6) is 0.898. The van der Waals surface area contributed by atoms with Crippen LogP contribution in [0.2, 0.25) is 0 Å². The predicted octanol–water partition coefficient (Wildman–Crippen LogP) is 3.15. The van der Waals surface area contributed by atoms with Gasteiger partial charge in [-0.05, 0) is 49.1 Å². The molecule has 0 bridgehead atoms. The van der Waals surface area contributed by atoms with E-state index in [2.05, 4.69) is 28.9 Å². The molecule has 1 saturated heterocycles. The molecule has 0 aliphatic carbocycles. The van der Waals surface area contributed by atoms with Crippen molar-refractivity contribution < 1.29 is 17.9 Å². The minimum atomic E-state index is -3.75. The van der Waals surface area contributed by atoms with Crippen molar-refractivity contribution >= 4 is 15.7 Å². The van der Waals surface area contributed by atoms with E-state index >= 15 is 0 Å². The number of pyridine rings is 1. The summed E-state index contributed by atoms with van der Waals surface area (Å²) in [6.07, 6.45) is 2.22. The highest BCUT2D eigenvalue weighted by atomic mass is 32.2. The molecule has 1 aromatic carbocycles. The number of benzene rings is 1. The van der Waals surface area contributed by atoms with E-state index in [0.717, 1.165) is 24.9 Å². The van der Waals surface area contributed by atoms with Crippen molar-refractivity contribution in [2.24, 2.45) is 0 Å². The molecule has 0 unspecified atom stereocenters. The zero-order valence-electron chi connectivity index (χ0n) is 16.4. The van der Waals surface area contributed by atoms with Gasteiger partial charge < -0.3 is 14.8 Å². The minimum Gasteiger partial charge on any atom is -0.479 e. The molecule has 0 radical (unpaired) electrons. The summed E-state index contributed by atoms with van der Waals surface area (Å²) in [5.41, 5.74) is 1.35. The molecule has 1 atom stereocenters. The van der Waals surface area contributed by atoms with Crippen molar-refractivity contribution in [1.82, 2.24) is 10.3 Å². The Bertz CT molecular complexity index is 892. The molecule has 8 heteroatoms. The second-order valence-corrected chi connectivity index (χ2v) is 8.82. The molecule has 1 aromatic heterocycles. The van der Waals surface area contributed by atoms with Gasteiger partial charge in [0.1, 0.15) is 12.3 Å². The first-order chi connectivity index (χ1) is 13.4. The second kappa shape index (κ2) is 8.79. The van der Waals surface area contributed by atoms with Crippen LogP contribution in [0.15, 0.2) is 41.3 Å². The lowest BCUT2D eigenvalue weighted by Gasteiger charge is -2.15. The zero-order valence-corrected chi connectivity index (χ0v) is 17.3. The van der Waals surface area contributed by atoms with Crippen LogP contribution in [-0.4, -0.2) is 39.7 Å². The summed E-state index contributed by atoms with van der Waals surface area (Å²) in [6.45, 7) is 5.64. The number of nitrogens with one attached hydrogen (secondary N) is 2. The number of hydrogen-bond donors (Lipinski definition) is 2. The molecule has 2 aromatic rings. The third-order valence-corrected chi connectivity index (χ3v) is 6.11. The molecule has 2 heterocycles. The van der Waals surface area contributed by atoms with Gasteiger partial charge in [-0.25, -0.2) is 8.42 Å². The molecule has 0 saturated carbocycles. The maximum Gasteiger partial charge on any atom is 0.262 e. The summed E-state index contributed by atoms with van der Waals surface area (Å²) in [4.78, 5) is 4.45. The van der Waals surface area contributed by atoms with E-state index in [1.165, 1.54) is 7.11 Å². The molecule has 1 fully saturated rings. The van der Waals surface area contributed by atoms with Gasteiger partial charge in [-0.2, -0.15) is 4.98 Å². The molecular formula is C20H27N3O4S. The number of rotatable bonds is 8. The lowest BCUT2D eigenvalue weighted by Crippen LogP contribution is -2.28. The molecule has 0 spiro atoms. The Morgan fingerprint density at radius 1 is 1.21 bits per heavy atom. The number of anilines is 1. The van der Waals surface area contributed by atoms with Crippen LogP contribution >= 0.6 is 0 Å². The summed E-state index contributed by atoms with van der Waals surface area (Å²) in [6, 6.07) is 10.4. The van der Waals surface area contributed by atoms with E-state index in [4.69, 9.17) is 9.47 Å². The van der Waals surface area contributed by atoms with Gasteiger partial charge in [0.25, 0.3) is 10.0 Å². The topological polar surface area (TPSA) is 89.6 Å². The van der Waals surface area contributed by atoms with Gasteiger partial charge in [0.2, 0.25) is 11.8 Å². The van der Waals surface area contributed by atoms with Crippen LogP contribution in [0.5, 0.6) is 11.8 Å². The molecule has 1 aliphatic rings. The molecule has 3 rings (SSSR count). The van der Waals surface area contributed by atoms with E-state index in [1.807, 2.05) is 12.1 Å². The fraction of sp³-hybridized carbons (Fsp3) is 0.450. The summed E-state index contributed by atoms with van der Waals surface area (Å²) in [5, 5.41) is 3.35. The standard InChI is InChI=1S/C20H27N3O4S/c1-14(2)15-6-8-17(9-7-15)28(24,25)23-18-10-11-19(22-20(18)26-3)27-13-16-5-4-12-21-16/h6-11,14,16,21,23H,4-5,12-13H2,1-3H3/t16-/m1/s1. The van der Waals surface area contributed by atoms with E-state index in [9.17, 15) is 8.42 Å². The van der Waals surface area contributed by atoms with Crippen LogP contribution in [0.3, 0.4) is 0 Å². The second-order valence-electron chi connectivity index (χ2n) is 7.14. The van der Waals surface area contributed by atoms with Crippen LogP contribution in [0, 0.1) is 0 Å². The Morgan fingerprint density at radius 3 is 2.57 bits per heavy atom. The molecule has 7 nitrogen and oxygen atoms in total. The van der Waals surface area contributed by atoms with Crippen LogP contribution in [0.1, 0.15) is 38.2 Å². The summed E-state index contributed by atoms with van der Waals surface area (Å²) >= 11 is 0. The van der Waals surface area contributed by atoms with Gasteiger partial charge >= 0.3 is 0 Å². The number of ether oxygens (including phenoxy) is 2. The highest BCUT2D eigenvalue weighted by molar-refractivity contribution is 7.92. The van der Waals surface area contributed by atoms with E-state index in [-0.39, 0.29) is 16.5 Å². The van der Waals surface area contributed by atoms with Gasteiger partial charge in [0.05, 0.1) is 12.0 Å². The van der Waals surface area contributed by atoms with E-state index in [1.54, 1.807) is 24.3 Å². The van der Waals surface area contributed by atoms with Gasteiger partial charge in [0, 0.05) is 12.1 Å². The number of hydrogen-bond acceptors (Lipinski definition) is 6. The highest BCUT2D eigenvalue weighted by Gasteiger charge is 2.19. The SMILES string of the molecule is COc1nc(OC[C@H]2CCCN2)ccc1NS(=O)(=O)c1ccc(C(C)C)cc1. The Balaban J connectivity index is 1.72. The third kappa shape index (κ3) is 4.94. The van der Waals surface area contributed by atoms with Crippen molar-refractivity contribution in [3.8, 4) is 11.8 Å². The molecule has 1 aliphatic heterocycles. The zero-order chi connectivity index (χ0) is 20.1. The Hall–Kier alpha value is -2.32. The maximum absolute atomic E-state index is 12.7. The number of nitrogens with zero attached hydrogens (tertiary/aromatic N) is 1. The Morgan fingerprint density at radius 2 is 1.96 bits per heavy atom. The fourth-order valence-corrected chi connectivity index (χ4v) is 4.11. The number of aromatic nitrogens is 1. The number of sulfonamides is 1. The first kappa shape index (κ1) is 20.4. The van der Waals surface area contributed by atoms with Crippen molar-refractivity contribution in [3.05, 3.63) is 42.0 Å². The van der Waals surface area contributed by atoms with Crippen molar-refractivity contribution in [2.45, 2.75) is 43.5 Å². The van der Waals surface area contributed by atoms with Crippen LogP contribution < -0.4 is 19.5 Å². The predicted molar refractivity (Wildman–Crippen MR) is 109 cm³/mol. The van der Waals surface area contributed by atoms with E-state index in [0.29, 0.717) is 24.4 Å². The van der Waals surface area contributed by atoms with Crippen LogP contribution in [0.25, 0.3) is 0 Å². The summed E-state index contributed by atoms with van der Waals surface area (Å²) in [7, 11) is -2.30. The van der Waals surface area contributed by atoms with Gasteiger partial charge in [-0.15, -0.1) is 0 Å². The van der Waals surface area contributed by atoms with Gasteiger partial charge in [0.15, 0.2) is 0 Å². The van der Waals surface area contributed by atoms with Crippen molar-refractivity contribution in [3.63, 3.8) is 0 Å². The molecule has 28 heavy (non-hydrogen) atoms. The smallest absolute Gasteiger partial charge is 0.262 e. The Labute approximate surface area is 166 Å². The van der Waals surface area contributed by atoms with Gasteiger partial charge in [-0.3, -0.25) is 4.72 Å². The first-order valence-corrected chi connectivity index (χ1v) is 10.9. The maximum atomic E-state index is 12.7. The average molecular weight is 406 g/mol. The van der Waals surface area contributed by atoms with Crippen molar-refractivity contribution in [1.29, 1.82) is 0 Å². The highest BCUT2D eigenvalue weighted by Crippen LogP contribution is 2.28. The lowest BCUT2D eigenvalue weighted by atomic mass is 10.0. The molecule has 2 N–H and O–H groups in total. The first-order valence-electron chi connectivity index (χ1n) is 9.43. The number of methoxy groups -OCH3 is 1. The fourth-order valence-electron chi connectivity index (χ4n) is 3.06. The van der Waals surface area contributed by atoms with Crippen LogP contribution in [0.4, 0.5) is 5.69 Å². The average Bonchev–Trinajstić information content (AvgIpc) is 3.20. The van der Waals surface area contributed by atoms with E-state index < -0.39 is 10.0 Å². The molecule has 0 amide bonds. The van der Waals surface area contributed by atoms with Gasteiger partial charge in [-0.1, -0.05) is 26.0 Å².